The molecule has 0 bridgehead atoms. The van der Waals surface area contributed by atoms with E-state index in [2.05, 4.69) is 0 Å². The van der Waals surface area contributed by atoms with Crippen molar-refractivity contribution in [2.45, 2.75) is 26.2 Å². The Kier molecular flexibility index (Phi) is 6.82. The van der Waals surface area contributed by atoms with Gasteiger partial charge in [-0.1, -0.05) is 30.3 Å². The fourth-order valence-electron chi connectivity index (χ4n) is 3.36. The molecule has 0 saturated carbocycles. The molecule has 1 aliphatic heterocycles. The van der Waals surface area contributed by atoms with Gasteiger partial charge in [-0.15, -0.1) is 0 Å². The highest BCUT2D eigenvalue weighted by atomic mass is 19.1. The zero-order valence-corrected chi connectivity index (χ0v) is 16.6. The van der Waals surface area contributed by atoms with Crippen molar-refractivity contribution in [3.63, 3.8) is 0 Å². The maximum absolute atomic E-state index is 13.4. The Morgan fingerprint density at radius 1 is 1.17 bits per heavy atom. The van der Waals surface area contributed by atoms with E-state index < -0.39 is 0 Å². The van der Waals surface area contributed by atoms with Crippen molar-refractivity contribution in [1.82, 2.24) is 9.80 Å². The summed E-state index contributed by atoms with van der Waals surface area (Å²) in [6, 6.07) is 13.7. The number of halogens is 1. The first-order valence-corrected chi connectivity index (χ1v) is 9.47. The average molecular weight is 400 g/mol. The first-order valence-electron chi connectivity index (χ1n) is 9.47. The Labute approximate surface area is 169 Å². The van der Waals surface area contributed by atoms with Crippen LogP contribution in [0.4, 0.5) is 4.39 Å². The molecule has 0 aromatic heterocycles. The molecule has 7 heteroatoms. The summed E-state index contributed by atoms with van der Waals surface area (Å²) in [7, 11) is 1.59. The summed E-state index contributed by atoms with van der Waals surface area (Å²) in [5.74, 6) is 0.0373. The third kappa shape index (κ3) is 5.54. The number of rotatable bonds is 6. The van der Waals surface area contributed by atoms with E-state index in [0.717, 1.165) is 5.56 Å². The van der Waals surface area contributed by atoms with Gasteiger partial charge in [0, 0.05) is 32.1 Å². The molecular weight excluding hydrogens is 375 g/mol. The lowest BCUT2D eigenvalue weighted by Crippen LogP contribution is -2.38. The lowest BCUT2D eigenvalue weighted by atomic mass is 10.1. The maximum Gasteiger partial charge on any atom is 0.242 e. The second-order valence-electron chi connectivity index (χ2n) is 7.05. The summed E-state index contributed by atoms with van der Waals surface area (Å²) in [6.07, 6.45) is -0.386. The number of methoxy groups -OCH3 is 1. The van der Waals surface area contributed by atoms with Gasteiger partial charge in [-0.05, 0) is 23.8 Å². The van der Waals surface area contributed by atoms with Gasteiger partial charge in [0.15, 0.2) is 0 Å². The number of carbonyl (C=O) groups excluding carboxylic acids is 2. The van der Waals surface area contributed by atoms with Crippen LogP contribution in [0.15, 0.2) is 48.5 Å². The number of nitrogens with zero attached hydrogens (tertiary/aromatic N) is 2. The van der Waals surface area contributed by atoms with Crippen molar-refractivity contribution in [2.24, 2.45) is 0 Å². The number of ether oxygens (including phenoxy) is 2. The fraction of sp³-hybridized carbons (Fsp3) is 0.364. The second-order valence-corrected chi connectivity index (χ2v) is 7.05. The van der Waals surface area contributed by atoms with E-state index in [1.807, 2.05) is 24.3 Å². The van der Waals surface area contributed by atoms with Gasteiger partial charge in [-0.2, -0.15) is 0 Å². The third-order valence-corrected chi connectivity index (χ3v) is 4.90. The van der Waals surface area contributed by atoms with E-state index >= 15 is 0 Å². The molecule has 6 nitrogen and oxygen atoms in total. The van der Waals surface area contributed by atoms with Crippen LogP contribution in [0.5, 0.6) is 5.75 Å². The molecule has 1 saturated heterocycles. The largest absolute Gasteiger partial charge is 0.496 e. The van der Waals surface area contributed by atoms with Crippen molar-refractivity contribution in [2.75, 3.05) is 26.7 Å². The number of benzene rings is 2. The molecular formula is C22H25FN2O4. The van der Waals surface area contributed by atoms with Crippen LogP contribution in [-0.4, -0.2) is 54.5 Å². The van der Waals surface area contributed by atoms with Gasteiger partial charge >= 0.3 is 0 Å². The molecule has 0 radical (unpaired) electrons. The summed E-state index contributed by atoms with van der Waals surface area (Å²) in [5.41, 5.74) is 1.58. The van der Waals surface area contributed by atoms with Crippen molar-refractivity contribution in [3.8, 4) is 5.75 Å². The molecule has 3 rings (SSSR count). The average Bonchev–Trinajstić information content (AvgIpc) is 2.86. The molecule has 2 aromatic rings. The lowest BCUT2D eigenvalue weighted by Gasteiger charge is -2.25. The topological polar surface area (TPSA) is 59.1 Å². The highest BCUT2D eigenvalue weighted by Crippen LogP contribution is 2.21. The summed E-state index contributed by atoms with van der Waals surface area (Å²) in [6.45, 7) is 2.63. The summed E-state index contributed by atoms with van der Waals surface area (Å²) in [5, 5.41) is 0. The SMILES string of the molecule is COc1ccccc1CN1CC(OCc2cccc(F)c2)CN(C(C)=O)CC1=O. The molecule has 29 heavy (non-hydrogen) atoms. The van der Waals surface area contributed by atoms with Crippen molar-refractivity contribution >= 4 is 11.8 Å². The normalized spacial score (nSPS) is 17.2. The van der Waals surface area contributed by atoms with Gasteiger partial charge in [0.2, 0.25) is 11.8 Å². The molecule has 0 spiro atoms. The molecule has 1 aliphatic rings. The molecule has 1 fully saturated rings. The van der Waals surface area contributed by atoms with Gasteiger partial charge in [0.1, 0.15) is 11.6 Å². The number of para-hydroxylation sites is 1. The molecule has 1 heterocycles. The highest BCUT2D eigenvalue weighted by molar-refractivity contribution is 5.84. The fourth-order valence-corrected chi connectivity index (χ4v) is 3.36. The van der Waals surface area contributed by atoms with Gasteiger partial charge < -0.3 is 19.3 Å². The first kappa shape index (κ1) is 20.8. The van der Waals surface area contributed by atoms with Gasteiger partial charge in [-0.3, -0.25) is 9.59 Å². The highest BCUT2D eigenvalue weighted by Gasteiger charge is 2.30. The first-order chi connectivity index (χ1) is 14.0. The van der Waals surface area contributed by atoms with E-state index in [0.29, 0.717) is 30.9 Å². The molecule has 0 N–H and O–H groups in total. The summed E-state index contributed by atoms with van der Waals surface area (Å²) in [4.78, 5) is 27.9. The van der Waals surface area contributed by atoms with E-state index in [1.165, 1.54) is 24.0 Å². The Hall–Kier alpha value is -2.93. The minimum atomic E-state index is -0.386. The molecule has 1 unspecified atom stereocenters. The standard InChI is InChI=1S/C22H25FN2O4/c1-16(26)24-12-20(29-15-17-6-5-8-19(23)10-17)13-25(22(27)14-24)11-18-7-3-4-9-21(18)28-2/h3-10,20H,11-15H2,1-2H3. The minimum Gasteiger partial charge on any atom is -0.496 e. The molecule has 0 aliphatic carbocycles. The van der Waals surface area contributed by atoms with Crippen LogP contribution in [0.1, 0.15) is 18.1 Å². The van der Waals surface area contributed by atoms with Crippen LogP contribution in [0.3, 0.4) is 0 Å². The Morgan fingerprint density at radius 3 is 2.69 bits per heavy atom. The van der Waals surface area contributed by atoms with E-state index in [4.69, 9.17) is 9.47 Å². The molecule has 1 atom stereocenters. The Morgan fingerprint density at radius 2 is 1.97 bits per heavy atom. The quantitative estimate of drug-likeness (QED) is 0.748. The minimum absolute atomic E-state index is 0.00427. The van der Waals surface area contributed by atoms with Crippen LogP contribution in [0, 0.1) is 5.82 Å². The zero-order valence-electron chi connectivity index (χ0n) is 16.6. The van der Waals surface area contributed by atoms with E-state index in [9.17, 15) is 14.0 Å². The Bertz CT molecular complexity index is 873. The predicted molar refractivity (Wildman–Crippen MR) is 106 cm³/mol. The second kappa shape index (κ2) is 9.52. The van der Waals surface area contributed by atoms with Crippen LogP contribution < -0.4 is 4.74 Å². The number of hydrogen-bond donors (Lipinski definition) is 0. The van der Waals surface area contributed by atoms with E-state index in [1.54, 1.807) is 24.1 Å². The van der Waals surface area contributed by atoms with Gasteiger partial charge in [0.25, 0.3) is 0 Å². The predicted octanol–water partition coefficient (Wildman–Crippen LogP) is 2.61. The van der Waals surface area contributed by atoms with E-state index in [-0.39, 0.29) is 36.9 Å². The monoisotopic (exact) mass is 400 g/mol. The number of hydrogen-bond acceptors (Lipinski definition) is 4. The molecule has 2 aromatic carbocycles. The third-order valence-electron chi connectivity index (χ3n) is 4.90. The van der Waals surface area contributed by atoms with Crippen LogP contribution in [0.25, 0.3) is 0 Å². The van der Waals surface area contributed by atoms with Crippen molar-refractivity contribution in [3.05, 3.63) is 65.5 Å². The van der Waals surface area contributed by atoms with Crippen molar-refractivity contribution < 1.29 is 23.5 Å². The molecule has 154 valence electrons. The van der Waals surface area contributed by atoms with Crippen LogP contribution in [0.2, 0.25) is 0 Å². The zero-order chi connectivity index (χ0) is 20.8. The van der Waals surface area contributed by atoms with Gasteiger partial charge in [-0.25, -0.2) is 4.39 Å². The summed E-state index contributed by atoms with van der Waals surface area (Å²) >= 11 is 0. The van der Waals surface area contributed by atoms with Gasteiger partial charge in [0.05, 0.1) is 26.4 Å². The Balaban J connectivity index is 1.75. The van der Waals surface area contributed by atoms with Crippen LogP contribution in [-0.2, 0) is 27.5 Å². The molecule has 2 amide bonds. The summed E-state index contributed by atoms with van der Waals surface area (Å²) < 4.78 is 24.8. The van der Waals surface area contributed by atoms with Crippen LogP contribution >= 0.6 is 0 Å². The van der Waals surface area contributed by atoms with Crippen molar-refractivity contribution in [1.29, 1.82) is 0 Å². The lowest BCUT2D eigenvalue weighted by molar-refractivity contribution is -0.137. The smallest absolute Gasteiger partial charge is 0.242 e. The number of amides is 2. The number of carbonyl (C=O) groups is 2. The maximum atomic E-state index is 13.4.